The van der Waals surface area contributed by atoms with Crippen molar-refractivity contribution in [3.05, 3.63) is 54.1 Å². The smallest absolute Gasteiger partial charge is 0.276 e. The number of carbonyl (C=O) groups is 2. The van der Waals surface area contributed by atoms with Crippen LogP contribution >= 0.6 is 0 Å². The second-order valence-corrected chi connectivity index (χ2v) is 7.09. The molecule has 2 amide bonds. The van der Waals surface area contributed by atoms with Gasteiger partial charge in [-0.25, -0.2) is 0 Å². The molecule has 2 aromatic rings. The molecule has 0 radical (unpaired) electrons. The van der Waals surface area contributed by atoms with Gasteiger partial charge >= 0.3 is 0 Å². The quantitative estimate of drug-likeness (QED) is 0.632. The van der Waals surface area contributed by atoms with Crippen LogP contribution in [0, 0.1) is 0 Å². The Morgan fingerprint density at radius 3 is 1.97 bits per heavy atom. The lowest BCUT2D eigenvalue weighted by Crippen LogP contribution is -2.45. The van der Waals surface area contributed by atoms with Crippen molar-refractivity contribution in [3.8, 4) is 17.2 Å². The maximum Gasteiger partial charge on any atom is 0.276 e. The van der Waals surface area contributed by atoms with Crippen LogP contribution in [0.4, 0.5) is 0 Å². The molecule has 0 bridgehead atoms. The molecular weight excluding hydrogens is 372 g/mol. The minimum atomic E-state index is -0.504. The summed E-state index contributed by atoms with van der Waals surface area (Å²) in [5.74, 6) is 0.561. The summed E-state index contributed by atoms with van der Waals surface area (Å²) in [6.45, 7) is 6.01. The molecule has 0 saturated carbocycles. The molecule has 0 unspecified atom stereocenters. The third-order valence-electron chi connectivity index (χ3n) is 4.66. The lowest BCUT2D eigenvalue weighted by Gasteiger charge is -2.23. The van der Waals surface area contributed by atoms with Gasteiger partial charge in [-0.15, -0.1) is 0 Å². The molecule has 0 aliphatic rings. The summed E-state index contributed by atoms with van der Waals surface area (Å²) in [6.07, 6.45) is 1.02. The minimum Gasteiger partial charge on any atom is -0.493 e. The molecule has 156 valence electrons. The van der Waals surface area contributed by atoms with Gasteiger partial charge in [-0.3, -0.25) is 20.4 Å². The highest BCUT2D eigenvalue weighted by atomic mass is 16.5. The number of ether oxygens (including phenoxy) is 3. The minimum absolute atomic E-state index is 0.0893. The molecule has 0 atom stereocenters. The largest absolute Gasteiger partial charge is 0.493 e. The topological polar surface area (TPSA) is 85.9 Å². The van der Waals surface area contributed by atoms with Gasteiger partial charge in [-0.05, 0) is 41.7 Å². The predicted octanol–water partition coefficient (Wildman–Crippen LogP) is 2.99. The van der Waals surface area contributed by atoms with E-state index in [1.165, 1.54) is 12.7 Å². The van der Waals surface area contributed by atoms with Crippen LogP contribution in [0.3, 0.4) is 0 Å². The van der Waals surface area contributed by atoms with Crippen LogP contribution in [0.5, 0.6) is 17.2 Å². The second-order valence-electron chi connectivity index (χ2n) is 7.09. The summed E-state index contributed by atoms with van der Waals surface area (Å²) in [6, 6.07) is 14.6. The first-order valence-corrected chi connectivity index (χ1v) is 9.42. The molecule has 2 N–H and O–H groups in total. The first kappa shape index (κ1) is 22.1. The molecule has 7 heteroatoms. The summed E-state index contributed by atoms with van der Waals surface area (Å²) in [7, 11) is 1.51. The fraction of sp³-hybridized carbons (Fsp3) is 0.364. The molecule has 0 fully saturated rings. The zero-order chi connectivity index (χ0) is 21.3. The van der Waals surface area contributed by atoms with Crippen molar-refractivity contribution in [3.63, 3.8) is 0 Å². The zero-order valence-electron chi connectivity index (χ0n) is 17.3. The Morgan fingerprint density at radius 1 is 0.862 bits per heavy atom. The molecular formula is C22H28N2O5. The van der Waals surface area contributed by atoms with E-state index in [0.29, 0.717) is 17.2 Å². The molecule has 0 spiro atoms. The van der Waals surface area contributed by atoms with Gasteiger partial charge in [-0.1, -0.05) is 45.0 Å². The first-order chi connectivity index (χ1) is 13.9. The maximum absolute atomic E-state index is 11.9. The van der Waals surface area contributed by atoms with Crippen LogP contribution < -0.4 is 25.1 Å². The Kier molecular flexibility index (Phi) is 7.88. The Balaban J connectivity index is 1.72. The summed E-state index contributed by atoms with van der Waals surface area (Å²) in [5.41, 5.74) is 5.86. The van der Waals surface area contributed by atoms with Crippen molar-refractivity contribution in [1.29, 1.82) is 0 Å². The third-order valence-corrected chi connectivity index (χ3v) is 4.66. The van der Waals surface area contributed by atoms with Crippen molar-refractivity contribution in [2.24, 2.45) is 0 Å². The van der Waals surface area contributed by atoms with Crippen molar-refractivity contribution in [2.45, 2.75) is 32.6 Å². The van der Waals surface area contributed by atoms with Crippen LogP contribution in [0.15, 0.2) is 48.5 Å². The van der Waals surface area contributed by atoms with E-state index >= 15 is 0 Å². The molecule has 0 saturated heterocycles. The number of nitrogens with one attached hydrogen (secondary N) is 2. The highest BCUT2D eigenvalue weighted by Crippen LogP contribution is 2.28. The number of hydrogen-bond acceptors (Lipinski definition) is 5. The van der Waals surface area contributed by atoms with Crippen molar-refractivity contribution >= 4 is 11.8 Å². The van der Waals surface area contributed by atoms with Gasteiger partial charge in [0.2, 0.25) is 0 Å². The molecule has 2 rings (SSSR count). The van der Waals surface area contributed by atoms with E-state index < -0.39 is 11.8 Å². The molecule has 2 aromatic carbocycles. The van der Waals surface area contributed by atoms with Crippen molar-refractivity contribution in [2.75, 3.05) is 20.3 Å². The predicted molar refractivity (Wildman–Crippen MR) is 110 cm³/mol. The summed E-state index contributed by atoms with van der Waals surface area (Å²) in [4.78, 5) is 23.7. The van der Waals surface area contributed by atoms with E-state index in [2.05, 4.69) is 31.6 Å². The zero-order valence-corrected chi connectivity index (χ0v) is 17.3. The maximum atomic E-state index is 11.9. The van der Waals surface area contributed by atoms with Gasteiger partial charge in [0.25, 0.3) is 11.8 Å². The lowest BCUT2D eigenvalue weighted by atomic mass is 9.82. The number of benzene rings is 2. The van der Waals surface area contributed by atoms with Crippen LogP contribution in [-0.2, 0) is 15.0 Å². The Labute approximate surface area is 171 Å². The van der Waals surface area contributed by atoms with Crippen LogP contribution in [0.1, 0.15) is 32.8 Å². The Bertz CT molecular complexity index is 818. The number of rotatable bonds is 9. The van der Waals surface area contributed by atoms with Gasteiger partial charge in [0.1, 0.15) is 5.75 Å². The van der Waals surface area contributed by atoms with Gasteiger partial charge < -0.3 is 14.2 Å². The van der Waals surface area contributed by atoms with Crippen molar-refractivity contribution in [1.82, 2.24) is 10.9 Å². The molecule has 29 heavy (non-hydrogen) atoms. The fourth-order valence-corrected chi connectivity index (χ4v) is 2.45. The molecule has 0 aliphatic heterocycles. The van der Waals surface area contributed by atoms with Gasteiger partial charge in [0, 0.05) is 0 Å². The molecule has 0 aliphatic carbocycles. The van der Waals surface area contributed by atoms with Crippen LogP contribution in [0.25, 0.3) is 0 Å². The average molecular weight is 400 g/mol. The Morgan fingerprint density at radius 2 is 1.41 bits per heavy atom. The number of carbonyl (C=O) groups excluding carboxylic acids is 2. The lowest BCUT2D eigenvalue weighted by molar-refractivity contribution is -0.131. The van der Waals surface area contributed by atoms with Crippen LogP contribution in [0.2, 0.25) is 0 Å². The number of hydrazine groups is 1. The summed E-state index contributed by atoms with van der Waals surface area (Å²) in [5, 5.41) is 0. The summed E-state index contributed by atoms with van der Waals surface area (Å²) < 4.78 is 16.0. The second kappa shape index (κ2) is 10.4. The summed E-state index contributed by atoms with van der Waals surface area (Å²) >= 11 is 0. The van der Waals surface area contributed by atoms with E-state index in [9.17, 15) is 9.59 Å². The van der Waals surface area contributed by atoms with Gasteiger partial charge in [-0.2, -0.15) is 0 Å². The number of hydrogen-bond donors (Lipinski definition) is 2. The van der Waals surface area contributed by atoms with E-state index in [0.717, 1.165) is 6.42 Å². The molecule has 0 heterocycles. The van der Waals surface area contributed by atoms with Gasteiger partial charge in [0.05, 0.1) is 7.11 Å². The Hall–Kier alpha value is -3.22. The highest BCUT2D eigenvalue weighted by molar-refractivity contribution is 5.83. The monoisotopic (exact) mass is 400 g/mol. The fourth-order valence-electron chi connectivity index (χ4n) is 2.45. The third kappa shape index (κ3) is 6.71. The normalized spacial score (nSPS) is 10.8. The van der Waals surface area contributed by atoms with Crippen LogP contribution in [-0.4, -0.2) is 32.1 Å². The number of para-hydroxylation sites is 2. The number of methoxy groups -OCH3 is 1. The molecule has 7 nitrogen and oxygen atoms in total. The highest BCUT2D eigenvalue weighted by Gasteiger charge is 2.17. The number of amides is 2. The first-order valence-electron chi connectivity index (χ1n) is 9.42. The SMILES string of the molecule is CCC(C)(C)c1ccc(OCC(=O)NNC(=O)COc2ccccc2OC)cc1. The van der Waals surface area contributed by atoms with Crippen molar-refractivity contribution < 1.29 is 23.8 Å². The average Bonchev–Trinajstić information content (AvgIpc) is 2.75. The van der Waals surface area contributed by atoms with E-state index in [1.807, 2.05) is 24.3 Å². The van der Waals surface area contributed by atoms with Gasteiger partial charge in [0.15, 0.2) is 24.7 Å². The van der Waals surface area contributed by atoms with E-state index in [-0.39, 0.29) is 18.6 Å². The van der Waals surface area contributed by atoms with E-state index in [4.69, 9.17) is 14.2 Å². The molecule has 0 aromatic heterocycles. The van der Waals surface area contributed by atoms with E-state index in [1.54, 1.807) is 24.3 Å². The standard InChI is InChI=1S/C22H28N2O5/c1-5-22(2,3)16-10-12-17(13-11-16)28-14-20(25)23-24-21(26)15-29-19-9-7-6-8-18(19)27-4/h6-13H,5,14-15H2,1-4H3,(H,23,25)(H,24,26).